The van der Waals surface area contributed by atoms with Gasteiger partial charge in [0.1, 0.15) is 0 Å². The van der Waals surface area contributed by atoms with E-state index in [1.165, 1.54) is 0 Å². The van der Waals surface area contributed by atoms with Gasteiger partial charge in [-0.15, -0.1) is 6.58 Å². The Kier molecular flexibility index (Phi) is 8.68. The van der Waals surface area contributed by atoms with Crippen LogP contribution in [0.5, 0.6) is 0 Å². The van der Waals surface area contributed by atoms with Gasteiger partial charge in [0.25, 0.3) is 0 Å². The summed E-state index contributed by atoms with van der Waals surface area (Å²) >= 11 is 0. The van der Waals surface area contributed by atoms with Crippen molar-refractivity contribution in [2.75, 3.05) is 34.4 Å². The Morgan fingerprint density at radius 1 is 1.17 bits per heavy atom. The Labute approximate surface area is 141 Å². The monoisotopic (exact) mass is 338 g/mol. The smallest absolute Gasteiger partial charge is 0.364 e. The summed E-state index contributed by atoms with van der Waals surface area (Å²) in [5.74, 6) is 0.0628. The third-order valence-corrected chi connectivity index (χ3v) is 6.71. The lowest BCUT2D eigenvalue weighted by atomic mass is 9.92. The minimum Gasteiger partial charge on any atom is -0.364 e. The van der Waals surface area contributed by atoms with Gasteiger partial charge in [0.2, 0.25) is 0 Å². The molecule has 0 bridgehead atoms. The molecule has 2 unspecified atom stereocenters. The molecule has 0 aromatic heterocycles. The average Bonchev–Trinajstić information content (AvgIpc) is 2.58. The molecule has 0 aliphatic heterocycles. The highest BCUT2D eigenvalue weighted by Gasteiger charge is 2.46. The summed E-state index contributed by atoms with van der Waals surface area (Å²) in [5, 5.41) is 0. The fraction of sp³-hybridized carbons (Fsp3) is 0.529. The lowest BCUT2D eigenvalue weighted by Crippen LogP contribution is -2.62. The van der Waals surface area contributed by atoms with E-state index >= 15 is 0 Å². The second kappa shape index (κ2) is 9.97. The Morgan fingerprint density at radius 2 is 1.74 bits per heavy atom. The van der Waals surface area contributed by atoms with Crippen LogP contribution in [0.2, 0.25) is 0 Å². The van der Waals surface area contributed by atoms with E-state index in [9.17, 15) is 0 Å². The lowest BCUT2D eigenvalue weighted by molar-refractivity contribution is 0.0546. The zero-order valence-electron chi connectivity index (χ0n) is 14.7. The maximum atomic E-state index is 6.50. The molecule has 1 rings (SSSR count). The van der Waals surface area contributed by atoms with Gasteiger partial charge in [0, 0.05) is 39.8 Å². The van der Waals surface area contributed by atoms with Gasteiger partial charge in [0.15, 0.2) is 0 Å². The number of nitrogens with two attached hydrogens (primary N) is 1. The molecule has 0 aliphatic rings. The first kappa shape index (κ1) is 20.0. The molecule has 1 aromatic rings. The molecule has 6 heteroatoms. The normalized spacial score (nSPS) is 14.7. The molecule has 0 amide bonds. The number of nitrogens with zero attached hydrogens (tertiary/aromatic N) is 1. The maximum absolute atomic E-state index is 6.50. The van der Waals surface area contributed by atoms with Crippen molar-refractivity contribution in [3.05, 3.63) is 48.6 Å². The van der Waals surface area contributed by atoms with Crippen molar-refractivity contribution >= 4 is 8.97 Å². The zero-order chi connectivity index (χ0) is 17.3. The van der Waals surface area contributed by atoms with Gasteiger partial charge >= 0.3 is 8.97 Å². The van der Waals surface area contributed by atoms with Crippen LogP contribution in [0.3, 0.4) is 0 Å². The molecule has 0 saturated carbocycles. The number of hydrogen-bond acceptors (Lipinski definition) is 5. The van der Waals surface area contributed by atoms with Crippen LogP contribution in [0.1, 0.15) is 24.8 Å². The highest BCUT2D eigenvalue weighted by atomic mass is 28.4. The van der Waals surface area contributed by atoms with Crippen molar-refractivity contribution in [2.24, 2.45) is 5.73 Å². The van der Waals surface area contributed by atoms with Crippen LogP contribution in [-0.4, -0.2) is 54.0 Å². The topological polar surface area (TPSA) is 57.0 Å². The van der Waals surface area contributed by atoms with E-state index in [1.807, 2.05) is 24.3 Å². The van der Waals surface area contributed by atoms with Crippen LogP contribution in [0.4, 0.5) is 0 Å². The van der Waals surface area contributed by atoms with Gasteiger partial charge in [-0.05, 0) is 18.5 Å². The first-order valence-corrected chi connectivity index (χ1v) is 9.59. The Morgan fingerprint density at radius 3 is 2.17 bits per heavy atom. The molecule has 0 aliphatic carbocycles. The van der Waals surface area contributed by atoms with Crippen LogP contribution < -0.4 is 5.73 Å². The second-order valence-electron chi connectivity index (χ2n) is 5.42. The number of rotatable bonds is 11. The molecule has 5 nitrogen and oxygen atoms in total. The van der Waals surface area contributed by atoms with Gasteiger partial charge in [-0.25, -0.2) is 0 Å². The van der Waals surface area contributed by atoms with Gasteiger partial charge in [-0.1, -0.05) is 43.3 Å². The fourth-order valence-electron chi connectivity index (χ4n) is 2.85. The van der Waals surface area contributed by atoms with Crippen LogP contribution in [0, 0.1) is 0 Å². The van der Waals surface area contributed by atoms with Gasteiger partial charge in [0.05, 0.1) is 0 Å². The first-order chi connectivity index (χ1) is 11.1. The third kappa shape index (κ3) is 4.97. The highest BCUT2D eigenvalue weighted by molar-refractivity contribution is 6.57. The summed E-state index contributed by atoms with van der Waals surface area (Å²) in [6, 6.07) is 10.0. The second-order valence-corrected chi connectivity index (χ2v) is 8.32. The van der Waals surface area contributed by atoms with Crippen molar-refractivity contribution in [1.82, 2.24) is 4.57 Å². The Balaban J connectivity index is 2.96. The van der Waals surface area contributed by atoms with Crippen molar-refractivity contribution < 1.29 is 13.3 Å². The van der Waals surface area contributed by atoms with Gasteiger partial charge in [-0.3, -0.25) is 4.57 Å². The van der Waals surface area contributed by atoms with E-state index in [-0.39, 0.29) is 12.0 Å². The van der Waals surface area contributed by atoms with Crippen LogP contribution in [0.15, 0.2) is 43.0 Å². The van der Waals surface area contributed by atoms with E-state index in [0.717, 1.165) is 18.5 Å². The van der Waals surface area contributed by atoms with E-state index in [2.05, 4.69) is 30.2 Å². The molecule has 0 heterocycles. The molecular weight excluding hydrogens is 308 g/mol. The molecule has 130 valence electrons. The van der Waals surface area contributed by atoms with E-state index < -0.39 is 8.97 Å². The molecule has 0 radical (unpaired) electrons. The average molecular weight is 339 g/mol. The SMILES string of the molecule is C=CC(c1ccccc1)C(N)CN(CCC)[Si](OC)(OC)OC. The summed E-state index contributed by atoms with van der Waals surface area (Å²) in [5.41, 5.74) is 7.65. The zero-order valence-corrected chi connectivity index (χ0v) is 15.7. The highest BCUT2D eigenvalue weighted by Crippen LogP contribution is 2.22. The quantitative estimate of drug-likeness (QED) is 0.496. The molecule has 0 spiro atoms. The van der Waals surface area contributed by atoms with Crippen molar-refractivity contribution in [1.29, 1.82) is 0 Å². The molecular formula is C17H30N2O3Si. The minimum atomic E-state index is -2.87. The predicted octanol–water partition coefficient (Wildman–Crippen LogP) is 2.37. The third-order valence-electron chi connectivity index (χ3n) is 3.99. The van der Waals surface area contributed by atoms with E-state index in [4.69, 9.17) is 19.0 Å². The minimum absolute atomic E-state index is 0.0628. The molecule has 2 N–H and O–H groups in total. The molecule has 1 aromatic carbocycles. The van der Waals surface area contributed by atoms with E-state index in [0.29, 0.717) is 6.54 Å². The van der Waals surface area contributed by atoms with Gasteiger partial charge < -0.3 is 19.0 Å². The largest absolute Gasteiger partial charge is 0.598 e. The molecule has 0 saturated heterocycles. The van der Waals surface area contributed by atoms with Crippen molar-refractivity contribution in [3.8, 4) is 0 Å². The summed E-state index contributed by atoms with van der Waals surface area (Å²) in [6.45, 7) is 7.48. The molecule has 23 heavy (non-hydrogen) atoms. The number of hydrogen-bond donors (Lipinski definition) is 1. The first-order valence-electron chi connectivity index (χ1n) is 7.92. The lowest BCUT2D eigenvalue weighted by Gasteiger charge is -2.37. The summed E-state index contributed by atoms with van der Waals surface area (Å²) in [6.07, 6.45) is 2.86. The van der Waals surface area contributed by atoms with Crippen LogP contribution >= 0.6 is 0 Å². The van der Waals surface area contributed by atoms with Crippen molar-refractivity contribution in [2.45, 2.75) is 25.3 Å². The Hall–Kier alpha value is -1.02. The molecule has 2 atom stereocenters. The van der Waals surface area contributed by atoms with Gasteiger partial charge in [-0.2, -0.15) is 0 Å². The standard InChI is InChI=1S/C17H30N2O3Si/c1-6-13-19(23(20-3,21-4)22-5)14-17(18)16(7-2)15-11-9-8-10-12-15/h7-12,16-17H,2,6,13-14,18H2,1,3-5H3. The summed E-state index contributed by atoms with van der Waals surface area (Å²) in [4.78, 5) is 0. The summed E-state index contributed by atoms with van der Waals surface area (Å²) < 4.78 is 18.9. The number of benzene rings is 1. The maximum Gasteiger partial charge on any atom is 0.598 e. The summed E-state index contributed by atoms with van der Waals surface area (Å²) in [7, 11) is 1.99. The van der Waals surface area contributed by atoms with Crippen LogP contribution in [0.25, 0.3) is 0 Å². The predicted molar refractivity (Wildman–Crippen MR) is 96.0 cm³/mol. The van der Waals surface area contributed by atoms with Crippen molar-refractivity contribution in [3.63, 3.8) is 0 Å². The van der Waals surface area contributed by atoms with E-state index in [1.54, 1.807) is 21.3 Å². The Bertz CT molecular complexity index is 446. The van der Waals surface area contributed by atoms with Crippen LogP contribution in [-0.2, 0) is 13.3 Å². The fourth-order valence-corrected chi connectivity index (χ4v) is 5.06. The molecule has 0 fully saturated rings.